The van der Waals surface area contributed by atoms with E-state index in [1.165, 1.54) is 11.1 Å². The van der Waals surface area contributed by atoms with Crippen LogP contribution in [0.3, 0.4) is 0 Å². The fourth-order valence-corrected chi connectivity index (χ4v) is 1.38. The number of benzene rings is 1. The Balaban J connectivity index is 0.000000921. The molecule has 0 aliphatic heterocycles. The zero-order valence-electron chi connectivity index (χ0n) is 9.92. The molecule has 0 aromatic heterocycles. The van der Waals surface area contributed by atoms with E-state index in [0.717, 1.165) is 25.0 Å². The highest BCUT2D eigenvalue weighted by Crippen LogP contribution is 2.05. The number of halogens is 1. The lowest BCUT2D eigenvalue weighted by Crippen LogP contribution is -1.95. The molecule has 0 aliphatic carbocycles. The van der Waals surface area contributed by atoms with Gasteiger partial charge in [0.05, 0.1) is 6.61 Å². The zero-order valence-corrected chi connectivity index (χ0v) is 11.5. The van der Waals surface area contributed by atoms with Gasteiger partial charge in [-0.15, -0.1) is 0 Å². The molecule has 0 spiro atoms. The van der Waals surface area contributed by atoms with Crippen LogP contribution in [0.5, 0.6) is 0 Å². The minimum absolute atomic E-state index is 0.731. The van der Waals surface area contributed by atoms with Gasteiger partial charge in [0.1, 0.15) is 0 Å². The van der Waals surface area contributed by atoms with Crippen LogP contribution in [0.4, 0.5) is 0 Å². The van der Waals surface area contributed by atoms with Crippen molar-refractivity contribution in [3.8, 4) is 0 Å². The van der Waals surface area contributed by atoms with Gasteiger partial charge in [-0.25, -0.2) is 0 Å². The minimum Gasteiger partial charge on any atom is -0.377 e. The molecule has 0 atom stereocenters. The van der Waals surface area contributed by atoms with E-state index in [1.807, 2.05) is 13.8 Å². The topological polar surface area (TPSA) is 9.23 Å². The molecule has 86 valence electrons. The number of ether oxygens (including phenoxy) is 1. The van der Waals surface area contributed by atoms with E-state index in [2.05, 4.69) is 47.1 Å². The van der Waals surface area contributed by atoms with Crippen molar-refractivity contribution < 1.29 is 4.74 Å². The van der Waals surface area contributed by atoms with Gasteiger partial charge < -0.3 is 4.74 Å². The SMILES string of the molecule is CC.Cc1cccc(COCCCBr)c1. The molecule has 1 rings (SSSR count). The van der Waals surface area contributed by atoms with Crippen molar-refractivity contribution in [2.75, 3.05) is 11.9 Å². The molecule has 15 heavy (non-hydrogen) atoms. The van der Waals surface area contributed by atoms with E-state index >= 15 is 0 Å². The maximum atomic E-state index is 5.49. The van der Waals surface area contributed by atoms with Gasteiger partial charge in [0.15, 0.2) is 0 Å². The van der Waals surface area contributed by atoms with Gasteiger partial charge in [0.25, 0.3) is 0 Å². The van der Waals surface area contributed by atoms with Crippen molar-refractivity contribution in [2.24, 2.45) is 0 Å². The average molecular weight is 273 g/mol. The van der Waals surface area contributed by atoms with Crippen molar-refractivity contribution in [1.29, 1.82) is 0 Å². The monoisotopic (exact) mass is 272 g/mol. The fraction of sp³-hybridized carbons (Fsp3) is 0.538. The smallest absolute Gasteiger partial charge is 0.0716 e. The average Bonchev–Trinajstić information content (AvgIpc) is 2.27. The fourth-order valence-electron chi connectivity index (χ4n) is 1.15. The van der Waals surface area contributed by atoms with E-state index in [9.17, 15) is 0 Å². The van der Waals surface area contributed by atoms with Gasteiger partial charge in [-0.05, 0) is 18.9 Å². The van der Waals surface area contributed by atoms with E-state index in [1.54, 1.807) is 0 Å². The number of rotatable bonds is 5. The number of aryl methyl sites for hydroxylation is 1. The first-order valence-corrected chi connectivity index (χ1v) is 6.64. The molecule has 1 aromatic carbocycles. The largest absolute Gasteiger partial charge is 0.377 e. The molecular formula is C13H21BrO. The van der Waals surface area contributed by atoms with Crippen LogP contribution in [0.15, 0.2) is 24.3 Å². The molecule has 0 unspecified atom stereocenters. The van der Waals surface area contributed by atoms with Crippen LogP contribution >= 0.6 is 15.9 Å². The second kappa shape index (κ2) is 10.2. The van der Waals surface area contributed by atoms with Gasteiger partial charge in [0, 0.05) is 11.9 Å². The first kappa shape index (κ1) is 14.7. The molecule has 0 heterocycles. The quantitative estimate of drug-likeness (QED) is 0.573. The summed E-state index contributed by atoms with van der Waals surface area (Å²) in [6.07, 6.45) is 1.08. The van der Waals surface area contributed by atoms with E-state index in [4.69, 9.17) is 4.74 Å². The van der Waals surface area contributed by atoms with Crippen molar-refractivity contribution >= 4 is 15.9 Å². The van der Waals surface area contributed by atoms with Crippen LogP contribution in [0, 0.1) is 6.92 Å². The summed E-state index contributed by atoms with van der Waals surface area (Å²) >= 11 is 3.37. The number of hydrogen-bond donors (Lipinski definition) is 0. The standard InChI is InChI=1S/C11H15BrO.C2H6/c1-10-4-2-5-11(8-10)9-13-7-3-6-12;1-2/h2,4-5,8H,3,6-7,9H2,1H3;1-2H3. The molecule has 0 amide bonds. The second-order valence-electron chi connectivity index (χ2n) is 3.08. The molecule has 0 saturated heterocycles. The summed E-state index contributed by atoms with van der Waals surface area (Å²) in [4.78, 5) is 0. The Kier molecular flexibility index (Phi) is 9.96. The van der Waals surface area contributed by atoms with Gasteiger partial charge in [0.2, 0.25) is 0 Å². The number of hydrogen-bond acceptors (Lipinski definition) is 1. The third-order valence-corrected chi connectivity index (χ3v) is 2.33. The Morgan fingerprint density at radius 2 is 2.00 bits per heavy atom. The van der Waals surface area contributed by atoms with Crippen LogP contribution in [0.25, 0.3) is 0 Å². The maximum absolute atomic E-state index is 5.49. The normalized spacial score (nSPS) is 9.33. The van der Waals surface area contributed by atoms with E-state index in [-0.39, 0.29) is 0 Å². The van der Waals surface area contributed by atoms with Gasteiger partial charge >= 0.3 is 0 Å². The van der Waals surface area contributed by atoms with Crippen LogP contribution in [0.1, 0.15) is 31.4 Å². The Morgan fingerprint density at radius 3 is 2.60 bits per heavy atom. The van der Waals surface area contributed by atoms with E-state index in [0.29, 0.717) is 0 Å². The summed E-state index contributed by atoms with van der Waals surface area (Å²) in [5.41, 5.74) is 2.55. The van der Waals surface area contributed by atoms with Crippen LogP contribution < -0.4 is 0 Å². The highest BCUT2D eigenvalue weighted by Gasteiger charge is 1.92. The third-order valence-electron chi connectivity index (χ3n) is 1.77. The summed E-state index contributed by atoms with van der Waals surface area (Å²) in [7, 11) is 0. The Morgan fingerprint density at radius 1 is 1.27 bits per heavy atom. The predicted molar refractivity (Wildman–Crippen MR) is 70.6 cm³/mol. The summed E-state index contributed by atoms with van der Waals surface area (Å²) in [6.45, 7) is 7.66. The van der Waals surface area contributed by atoms with E-state index < -0.39 is 0 Å². The highest BCUT2D eigenvalue weighted by molar-refractivity contribution is 9.09. The number of alkyl halides is 1. The lowest BCUT2D eigenvalue weighted by Gasteiger charge is -2.03. The third kappa shape index (κ3) is 7.57. The lowest BCUT2D eigenvalue weighted by molar-refractivity contribution is 0.122. The summed E-state index contributed by atoms with van der Waals surface area (Å²) in [6, 6.07) is 8.43. The first-order valence-electron chi connectivity index (χ1n) is 5.52. The van der Waals surface area contributed by atoms with Crippen LogP contribution in [-0.4, -0.2) is 11.9 Å². The van der Waals surface area contributed by atoms with Crippen LogP contribution in [-0.2, 0) is 11.3 Å². The molecular weight excluding hydrogens is 252 g/mol. The Bertz CT molecular complexity index is 248. The molecule has 0 radical (unpaired) electrons. The summed E-state index contributed by atoms with van der Waals surface area (Å²) in [5, 5.41) is 1.01. The minimum atomic E-state index is 0.731. The zero-order chi connectivity index (χ0) is 11.5. The molecule has 0 N–H and O–H groups in total. The van der Waals surface area contributed by atoms with Gasteiger partial charge in [-0.1, -0.05) is 59.6 Å². The van der Waals surface area contributed by atoms with Gasteiger partial charge in [-0.2, -0.15) is 0 Å². The lowest BCUT2D eigenvalue weighted by atomic mass is 10.1. The molecule has 1 aromatic rings. The molecule has 0 aliphatic rings. The Hall–Kier alpha value is -0.340. The summed E-state index contributed by atoms with van der Waals surface area (Å²) in [5.74, 6) is 0. The van der Waals surface area contributed by atoms with Crippen molar-refractivity contribution in [3.05, 3.63) is 35.4 Å². The second-order valence-corrected chi connectivity index (χ2v) is 3.88. The summed E-state index contributed by atoms with van der Waals surface area (Å²) < 4.78 is 5.49. The van der Waals surface area contributed by atoms with Crippen molar-refractivity contribution in [3.63, 3.8) is 0 Å². The predicted octanol–water partition coefficient (Wildman–Crippen LogP) is 4.32. The first-order chi connectivity index (χ1) is 7.33. The molecule has 2 heteroatoms. The Labute approximate surface area is 102 Å². The van der Waals surface area contributed by atoms with Gasteiger partial charge in [-0.3, -0.25) is 0 Å². The maximum Gasteiger partial charge on any atom is 0.0716 e. The van der Waals surface area contributed by atoms with Crippen molar-refractivity contribution in [1.82, 2.24) is 0 Å². The van der Waals surface area contributed by atoms with Crippen molar-refractivity contribution in [2.45, 2.75) is 33.8 Å². The molecule has 0 fully saturated rings. The molecule has 0 saturated carbocycles. The molecule has 0 bridgehead atoms. The molecule has 1 nitrogen and oxygen atoms in total. The van der Waals surface area contributed by atoms with Crippen LogP contribution in [0.2, 0.25) is 0 Å². The highest BCUT2D eigenvalue weighted by atomic mass is 79.9.